The summed E-state index contributed by atoms with van der Waals surface area (Å²) in [7, 11) is 0. The van der Waals surface area contributed by atoms with Crippen molar-refractivity contribution in [3.63, 3.8) is 0 Å². The molecule has 0 aromatic heterocycles. The Morgan fingerprint density at radius 3 is 2.56 bits per heavy atom. The molecule has 0 aromatic carbocycles. The van der Waals surface area contributed by atoms with Gasteiger partial charge in [0.1, 0.15) is 5.83 Å². The standard InChI is InChI=1S/C5H2FNO2/c6-3-1-4(8)5(9)7-2-3/h1-2H. The number of aliphatic imine (C=N–C) groups is 1. The highest BCUT2D eigenvalue weighted by Crippen LogP contribution is 1.98. The number of rotatable bonds is 0. The number of ketones is 1. The van der Waals surface area contributed by atoms with E-state index in [1.807, 2.05) is 0 Å². The van der Waals surface area contributed by atoms with Crippen LogP contribution in [0.2, 0.25) is 0 Å². The second-order valence-electron chi connectivity index (χ2n) is 1.46. The molecule has 0 radical (unpaired) electrons. The lowest BCUT2D eigenvalue weighted by molar-refractivity contribution is -0.133. The molecule has 0 spiro atoms. The minimum absolute atomic E-state index is 0.606. The van der Waals surface area contributed by atoms with Crippen molar-refractivity contribution in [3.8, 4) is 0 Å². The summed E-state index contributed by atoms with van der Waals surface area (Å²) in [5.41, 5.74) is 0. The molecule has 9 heavy (non-hydrogen) atoms. The summed E-state index contributed by atoms with van der Waals surface area (Å²) in [6.07, 6.45) is 1.32. The maximum Gasteiger partial charge on any atom is 0.317 e. The van der Waals surface area contributed by atoms with Crippen LogP contribution in [0.3, 0.4) is 0 Å². The Bertz CT molecular complexity index is 229. The van der Waals surface area contributed by atoms with E-state index in [1.165, 1.54) is 0 Å². The number of hydrogen-bond acceptors (Lipinski definition) is 2. The van der Waals surface area contributed by atoms with E-state index in [1.54, 1.807) is 0 Å². The number of carbonyl (C=O) groups is 2. The van der Waals surface area contributed by atoms with Gasteiger partial charge in [0.15, 0.2) is 0 Å². The molecule has 0 fully saturated rings. The molecule has 0 saturated heterocycles. The van der Waals surface area contributed by atoms with E-state index in [0.717, 1.165) is 0 Å². The third-order valence-electron chi connectivity index (χ3n) is 0.785. The summed E-state index contributed by atoms with van der Waals surface area (Å²) in [6, 6.07) is 0. The molecule has 1 rings (SSSR count). The molecule has 0 bridgehead atoms. The first-order chi connectivity index (χ1) is 4.20. The number of halogens is 1. The predicted molar refractivity (Wildman–Crippen MR) is 27.7 cm³/mol. The van der Waals surface area contributed by atoms with E-state index in [-0.39, 0.29) is 0 Å². The van der Waals surface area contributed by atoms with Crippen LogP contribution in [-0.2, 0) is 9.59 Å². The van der Waals surface area contributed by atoms with Gasteiger partial charge in [0.05, 0.1) is 6.21 Å². The first-order valence-electron chi connectivity index (χ1n) is 2.20. The third-order valence-corrected chi connectivity index (χ3v) is 0.785. The first kappa shape index (κ1) is 5.81. The molecule has 1 amide bonds. The van der Waals surface area contributed by atoms with Crippen LogP contribution in [-0.4, -0.2) is 17.9 Å². The van der Waals surface area contributed by atoms with Crippen LogP contribution < -0.4 is 0 Å². The Hall–Kier alpha value is -1.32. The van der Waals surface area contributed by atoms with E-state index in [2.05, 4.69) is 4.99 Å². The van der Waals surface area contributed by atoms with E-state index in [4.69, 9.17) is 0 Å². The molecular weight excluding hydrogens is 125 g/mol. The van der Waals surface area contributed by atoms with E-state index in [0.29, 0.717) is 12.3 Å². The summed E-state index contributed by atoms with van der Waals surface area (Å²) < 4.78 is 11.9. The van der Waals surface area contributed by atoms with Gasteiger partial charge in [-0.2, -0.15) is 0 Å². The second-order valence-corrected chi connectivity index (χ2v) is 1.46. The lowest BCUT2D eigenvalue weighted by Crippen LogP contribution is -2.12. The van der Waals surface area contributed by atoms with Crippen LogP contribution in [0.5, 0.6) is 0 Å². The van der Waals surface area contributed by atoms with E-state index >= 15 is 0 Å². The van der Waals surface area contributed by atoms with Gasteiger partial charge >= 0.3 is 5.91 Å². The zero-order valence-electron chi connectivity index (χ0n) is 4.30. The molecule has 46 valence electrons. The van der Waals surface area contributed by atoms with Gasteiger partial charge in [-0.1, -0.05) is 0 Å². The molecule has 1 aliphatic rings. The van der Waals surface area contributed by atoms with Gasteiger partial charge in [0, 0.05) is 6.08 Å². The Labute approximate surface area is 49.9 Å². The predicted octanol–water partition coefficient (Wildman–Crippen LogP) is 0.0199. The average Bonchev–Trinajstić information content (AvgIpc) is 1.80. The smallest absolute Gasteiger partial charge is 0.284 e. The van der Waals surface area contributed by atoms with E-state index in [9.17, 15) is 14.0 Å². The third kappa shape index (κ3) is 1.07. The normalized spacial score (nSPS) is 18.1. The minimum atomic E-state index is -0.920. The summed E-state index contributed by atoms with van der Waals surface area (Å²) in [6.45, 7) is 0. The molecule has 0 saturated carbocycles. The molecule has 0 aromatic rings. The fourth-order valence-electron chi connectivity index (χ4n) is 0.408. The van der Waals surface area contributed by atoms with Crippen molar-refractivity contribution >= 4 is 17.9 Å². The molecule has 3 nitrogen and oxygen atoms in total. The fourth-order valence-corrected chi connectivity index (χ4v) is 0.408. The number of allylic oxidation sites excluding steroid dienone is 1. The van der Waals surface area contributed by atoms with Crippen LogP contribution in [0.25, 0.3) is 0 Å². The largest absolute Gasteiger partial charge is 0.317 e. The van der Waals surface area contributed by atoms with Gasteiger partial charge in [0.2, 0.25) is 5.78 Å². The zero-order valence-corrected chi connectivity index (χ0v) is 4.30. The zero-order chi connectivity index (χ0) is 6.85. The quantitative estimate of drug-likeness (QED) is 0.430. The lowest BCUT2D eigenvalue weighted by Gasteiger charge is -1.92. The molecule has 0 unspecified atom stereocenters. The molecule has 0 N–H and O–H groups in total. The van der Waals surface area contributed by atoms with Crippen molar-refractivity contribution in [3.05, 3.63) is 11.9 Å². The highest BCUT2D eigenvalue weighted by atomic mass is 19.1. The summed E-state index contributed by atoms with van der Waals surface area (Å²) in [4.78, 5) is 23.3. The van der Waals surface area contributed by atoms with Crippen molar-refractivity contribution in [2.75, 3.05) is 0 Å². The SMILES string of the molecule is O=C1C=C(F)C=NC1=O. The molecule has 1 heterocycles. The Morgan fingerprint density at radius 1 is 1.44 bits per heavy atom. The van der Waals surface area contributed by atoms with Crippen molar-refractivity contribution in [1.29, 1.82) is 0 Å². The van der Waals surface area contributed by atoms with Crippen molar-refractivity contribution in [2.45, 2.75) is 0 Å². The molecule has 1 aliphatic heterocycles. The number of nitrogens with zero attached hydrogens (tertiary/aromatic N) is 1. The highest BCUT2D eigenvalue weighted by Gasteiger charge is 2.13. The maximum atomic E-state index is 11.9. The van der Waals surface area contributed by atoms with Gasteiger partial charge in [-0.3, -0.25) is 9.59 Å². The van der Waals surface area contributed by atoms with Gasteiger partial charge in [0.25, 0.3) is 0 Å². The first-order valence-corrected chi connectivity index (χ1v) is 2.20. The maximum absolute atomic E-state index is 11.9. The summed E-state index contributed by atoms with van der Waals surface area (Å²) >= 11 is 0. The van der Waals surface area contributed by atoms with Crippen molar-refractivity contribution in [2.24, 2.45) is 4.99 Å². The monoisotopic (exact) mass is 127 g/mol. The van der Waals surface area contributed by atoms with Crippen molar-refractivity contribution < 1.29 is 14.0 Å². The second kappa shape index (κ2) is 1.89. The molecule has 4 heteroatoms. The van der Waals surface area contributed by atoms with Gasteiger partial charge in [-0.15, -0.1) is 0 Å². The summed E-state index contributed by atoms with van der Waals surface area (Å²) in [5, 5.41) is 0. The number of amides is 1. The van der Waals surface area contributed by atoms with Gasteiger partial charge < -0.3 is 0 Å². The Kier molecular flexibility index (Phi) is 1.22. The van der Waals surface area contributed by atoms with Crippen LogP contribution in [0, 0.1) is 0 Å². The van der Waals surface area contributed by atoms with Crippen LogP contribution in [0.1, 0.15) is 0 Å². The topological polar surface area (TPSA) is 46.5 Å². The Morgan fingerprint density at radius 2 is 2.11 bits per heavy atom. The average molecular weight is 127 g/mol. The number of carbonyl (C=O) groups excluding carboxylic acids is 2. The van der Waals surface area contributed by atoms with E-state index < -0.39 is 17.5 Å². The molecular formula is C5H2FNO2. The lowest BCUT2D eigenvalue weighted by atomic mass is 10.3. The molecule has 0 atom stereocenters. The Balaban J connectivity index is 2.95. The number of dihydropyridines is 1. The van der Waals surface area contributed by atoms with Gasteiger partial charge in [-0.05, 0) is 0 Å². The van der Waals surface area contributed by atoms with Crippen LogP contribution in [0.4, 0.5) is 4.39 Å². The molecule has 0 aliphatic carbocycles. The minimum Gasteiger partial charge on any atom is -0.284 e. The van der Waals surface area contributed by atoms with Crippen LogP contribution >= 0.6 is 0 Å². The van der Waals surface area contributed by atoms with Crippen LogP contribution in [0.15, 0.2) is 16.9 Å². The highest BCUT2D eigenvalue weighted by molar-refractivity contribution is 6.44. The van der Waals surface area contributed by atoms with Gasteiger partial charge in [-0.25, -0.2) is 9.38 Å². The van der Waals surface area contributed by atoms with Crippen molar-refractivity contribution in [1.82, 2.24) is 0 Å². The number of hydrogen-bond donors (Lipinski definition) is 0. The fraction of sp³-hybridized carbons (Fsp3) is 0. The summed E-state index contributed by atoms with van der Waals surface area (Å²) in [5.74, 6) is -2.61.